The van der Waals surface area contributed by atoms with Crippen molar-refractivity contribution < 1.29 is 9.53 Å². The second-order valence-electron chi connectivity index (χ2n) is 7.72. The number of carbonyl (C=O) groups excluding carboxylic acids is 1. The van der Waals surface area contributed by atoms with Crippen LogP contribution >= 0.6 is 11.3 Å². The number of methoxy groups -OCH3 is 1. The molecule has 0 aliphatic carbocycles. The van der Waals surface area contributed by atoms with Crippen molar-refractivity contribution in [2.45, 2.75) is 37.4 Å². The molecule has 0 bridgehead atoms. The molecular formula is C21H24N2O2S. The molecule has 2 aromatic rings. The smallest absolute Gasteiger partial charge is 0.243 e. The highest BCUT2D eigenvalue weighted by Gasteiger charge is 2.65. The second-order valence-corrected chi connectivity index (χ2v) is 8.70. The van der Waals surface area contributed by atoms with Gasteiger partial charge in [0.25, 0.3) is 0 Å². The van der Waals surface area contributed by atoms with Gasteiger partial charge in [-0.2, -0.15) is 0 Å². The van der Waals surface area contributed by atoms with Crippen LogP contribution in [0.25, 0.3) is 0 Å². The molecule has 5 rings (SSSR count). The first-order valence-electron chi connectivity index (χ1n) is 9.45. The number of carbonyl (C=O) groups is 1. The van der Waals surface area contributed by atoms with E-state index < -0.39 is 0 Å². The minimum absolute atomic E-state index is 0.243. The molecule has 3 aliphatic heterocycles. The molecule has 3 fully saturated rings. The summed E-state index contributed by atoms with van der Waals surface area (Å²) in [6.45, 7) is 2.62. The van der Waals surface area contributed by atoms with Crippen molar-refractivity contribution in [3.05, 3.63) is 52.2 Å². The van der Waals surface area contributed by atoms with Crippen molar-refractivity contribution in [2.24, 2.45) is 5.92 Å². The van der Waals surface area contributed by atoms with Crippen LogP contribution in [0.4, 0.5) is 0 Å². The van der Waals surface area contributed by atoms with E-state index in [9.17, 15) is 4.79 Å². The lowest BCUT2D eigenvalue weighted by Crippen LogP contribution is -2.49. The first-order chi connectivity index (χ1) is 12.7. The largest absolute Gasteiger partial charge is 0.497 e. The van der Waals surface area contributed by atoms with Gasteiger partial charge in [-0.25, -0.2) is 0 Å². The molecule has 0 saturated carbocycles. The van der Waals surface area contributed by atoms with E-state index in [4.69, 9.17) is 4.74 Å². The molecule has 1 aromatic carbocycles. The van der Waals surface area contributed by atoms with Crippen LogP contribution in [0.15, 0.2) is 41.8 Å². The van der Waals surface area contributed by atoms with Gasteiger partial charge in [0, 0.05) is 29.9 Å². The van der Waals surface area contributed by atoms with Crippen molar-refractivity contribution in [1.82, 2.24) is 9.80 Å². The highest BCUT2D eigenvalue weighted by Crippen LogP contribution is 2.56. The third-order valence-corrected chi connectivity index (χ3v) is 7.48. The number of rotatable bonds is 4. The summed E-state index contributed by atoms with van der Waals surface area (Å²) in [5, 5.41) is 2.16. The Morgan fingerprint density at radius 1 is 1.31 bits per heavy atom. The first kappa shape index (κ1) is 16.3. The van der Waals surface area contributed by atoms with Crippen LogP contribution < -0.4 is 4.74 Å². The van der Waals surface area contributed by atoms with E-state index in [-0.39, 0.29) is 5.54 Å². The van der Waals surface area contributed by atoms with Crippen LogP contribution in [0, 0.1) is 5.92 Å². The third-order valence-electron chi connectivity index (χ3n) is 6.51. The van der Waals surface area contributed by atoms with Crippen molar-refractivity contribution in [2.75, 3.05) is 20.2 Å². The standard InChI is InChI=1S/C21H24N2O2S/c1-25-17-6-2-5-15(11-17)13-22-14-16-12-18(19-7-3-10-26-19)23-9-4-8-21(16,23)20(22)24/h2-3,5-7,10-11,16,18H,4,8-9,12-14H2,1H3/t16-,18-,21-/m0/s1. The van der Waals surface area contributed by atoms with Crippen LogP contribution in [0.5, 0.6) is 5.75 Å². The topological polar surface area (TPSA) is 32.8 Å². The average molecular weight is 369 g/mol. The van der Waals surface area contributed by atoms with Gasteiger partial charge < -0.3 is 9.64 Å². The summed E-state index contributed by atoms with van der Waals surface area (Å²) in [6.07, 6.45) is 3.27. The summed E-state index contributed by atoms with van der Waals surface area (Å²) in [5.74, 6) is 1.66. The predicted octanol–water partition coefficient (Wildman–Crippen LogP) is 3.69. The van der Waals surface area contributed by atoms with E-state index in [1.54, 1.807) is 7.11 Å². The summed E-state index contributed by atoms with van der Waals surface area (Å²) in [7, 11) is 1.69. The zero-order valence-electron chi connectivity index (χ0n) is 15.1. The van der Waals surface area contributed by atoms with E-state index in [1.165, 1.54) is 4.88 Å². The van der Waals surface area contributed by atoms with Gasteiger partial charge in [-0.1, -0.05) is 18.2 Å². The van der Waals surface area contributed by atoms with Gasteiger partial charge in [-0.05, 0) is 54.9 Å². The molecular weight excluding hydrogens is 344 g/mol. The number of benzene rings is 1. The first-order valence-corrected chi connectivity index (χ1v) is 10.3. The summed E-state index contributed by atoms with van der Waals surface area (Å²) in [5.41, 5.74) is 0.904. The van der Waals surface area contributed by atoms with Crippen molar-refractivity contribution in [1.29, 1.82) is 0 Å². The Hall–Kier alpha value is -1.85. The van der Waals surface area contributed by atoms with Gasteiger partial charge in [-0.15, -0.1) is 11.3 Å². The molecule has 26 heavy (non-hydrogen) atoms. The Morgan fingerprint density at radius 3 is 3.04 bits per heavy atom. The number of thiophene rings is 1. The van der Waals surface area contributed by atoms with Gasteiger partial charge in [-0.3, -0.25) is 9.69 Å². The Kier molecular flexibility index (Phi) is 3.83. The quantitative estimate of drug-likeness (QED) is 0.825. The normalized spacial score (nSPS) is 30.7. The van der Waals surface area contributed by atoms with Gasteiger partial charge >= 0.3 is 0 Å². The Balaban J connectivity index is 1.41. The number of ether oxygens (including phenoxy) is 1. The predicted molar refractivity (Wildman–Crippen MR) is 102 cm³/mol. The number of likely N-dealkylation sites (tertiary alicyclic amines) is 1. The monoisotopic (exact) mass is 368 g/mol. The average Bonchev–Trinajstić information content (AvgIpc) is 3.41. The highest BCUT2D eigenvalue weighted by molar-refractivity contribution is 7.10. The van der Waals surface area contributed by atoms with Crippen molar-refractivity contribution >= 4 is 17.2 Å². The van der Waals surface area contributed by atoms with E-state index >= 15 is 0 Å². The van der Waals surface area contributed by atoms with E-state index in [2.05, 4.69) is 33.4 Å². The van der Waals surface area contributed by atoms with E-state index in [0.29, 0.717) is 24.4 Å². The Morgan fingerprint density at radius 2 is 2.23 bits per heavy atom. The zero-order valence-corrected chi connectivity index (χ0v) is 15.9. The van der Waals surface area contributed by atoms with E-state index in [1.807, 2.05) is 29.5 Å². The molecule has 3 atom stereocenters. The summed E-state index contributed by atoms with van der Waals surface area (Å²) < 4.78 is 5.33. The number of hydrogen-bond acceptors (Lipinski definition) is 4. The molecule has 136 valence electrons. The van der Waals surface area contributed by atoms with Crippen molar-refractivity contribution in [3.63, 3.8) is 0 Å². The van der Waals surface area contributed by atoms with Crippen LogP contribution in [0.2, 0.25) is 0 Å². The molecule has 5 heteroatoms. The minimum atomic E-state index is -0.243. The molecule has 0 unspecified atom stereocenters. The van der Waals surface area contributed by atoms with Gasteiger partial charge in [0.1, 0.15) is 11.3 Å². The molecule has 1 spiro atoms. The summed E-state index contributed by atoms with van der Waals surface area (Å²) in [6, 6.07) is 12.9. The fraction of sp³-hybridized carbons (Fsp3) is 0.476. The molecule has 4 heterocycles. The third kappa shape index (κ3) is 2.26. The number of amides is 1. The molecule has 1 aromatic heterocycles. The maximum atomic E-state index is 13.5. The molecule has 4 nitrogen and oxygen atoms in total. The summed E-state index contributed by atoms with van der Waals surface area (Å²) in [4.78, 5) is 19.6. The Bertz CT molecular complexity index is 821. The van der Waals surface area contributed by atoms with E-state index in [0.717, 1.165) is 43.7 Å². The fourth-order valence-corrected chi connectivity index (χ4v) is 6.31. The lowest BCUT2D eigenvalue weighted by Gasteiger charge is -2.33. The van der Waals surface area contributed by atoms with Gasteiger partial charge in [0.15, 0.2) is 0 Å². The molecule has 0 N–H and O–H groups in total. The maximum absolute atomic E-state index is 13.5. The minimum Gasteiger partial charge on any atom is -0.497 e. The van der Waals surface area contributed by atoms with Crippen LogP contribution in [0.1, 0.15) is 35.7 Å². The SMILES string of the molecule is COc1cccc(CN2C[C@@H]3C[C@@H](c4cccs4)N4CCC[C@@]34C2=O)c1. The number of nitrogens with zero attached hydrogens (tertiary/aromatic N) is 2. The highest BCUT2D eigenvalue weighted by atomic mass is 32.1. The number of hydrogen-bond donors (Lipinski definition) is 0. The lowest BCUT2D eigenvalue weighted by molar-refractivity contribution is -0.137. The van der Waals surface area contributed by atoms with Gasteiger partial charge in [0.05, 0.1) is 7.11 Å². The molecule has 3 aliphatic rings. The fourth-order valence-electron chi connectivity index (χ4n) is 5.46. The van der Waals surface area contributed by atoms with Crippen LogP contribution in [-0.4, -0.2) is 41.4 Å². The van der Waals surface area contributed by atoms with Gasteiger partial charge in [0.2, 0.25) is 5.91 Å². The Labute approximate surface area is 158 Å². The summed E-state index contributed by atoms with van der Waals surface area (Å²) >= 11 is 1.83. The van der Waals surface area contributed by atoms with Crippen LogP contribution in [0.3, 0.4) is 0 Å². The van der Waals surface area contributed by atoms with Crippen LogP contribution in [-0.2, 0) is 11.3 Å². The zero-order chi connectivity index (χ0) is 17.7. The molecule has 1 amide bonds. The molecule has 0 radical (unpaired) electrons. The molecule has 3 saturated heterocycles. The van der Waals surface area contributed by atoms with Crippen molar-refractivity contribution in [3.8, 4) is 5.75 Å². The maximum Gasteiger partial charge on any atom is 0.243 e. The second kappa shape index (κ2) is 6.10. The lowest BCUT2D eigenvalue weighted by atomic mass is 9.85.